The molecule has 1 unspecified atom stereocenters. The van der Waals surface area contributed by atoms with Crippen LogP contribution in [0.3, 0.4) is 0 Å². The maximum atomic E-state index is 12.5. The lowest BCUT2D eigenvalue weighted by molar-refractivity contribution is -0.136. The zero-order valence-corrected chi connectivity index (χ0v) is 14.4. The Labute approximate surface area is 142 Å². The Morgan fingerprint density at radius 2 is 2.04 bits per heavy atom. The van der Waals surface area contributed by atoms with E-state index in [4.69, 9.17) is 9.47 Å². The number of carbonyl (C=O) groups excluding carboxylic acids is 1. The Kier molecular flexibility index (Phi) is 4.85. The molecule has 3 rings (SSSR count). The van der Waals surface area contributed by atoms with Gasteiger partial charge < -0.3 is 18.9 Å². The lowest BCUT2D eigenvalue weighted by atomic mass is 10.2. The molecule has 0 saturated heterocycles. The summed E-state index contributed by atoms with van der Waals surface area (Å²) in [6, 6.07) is 7.63. The first-order chi connectivity index (χ1) is 11.6. The molecule has 0 radical (unpaired) electrons. The minimum absolute atomic E-state index is 0.0226. The van der Waals surface area contributed by atoms with E-state index in [1.54, 1.807) is 7.11 Å². The number of ether oxygens (including phenoxy) is 2. The Morgan fingerprint density at radius 1 is 1.29 bits per heavy atom. The van der Waals surface area contributed by atoms with E-state index in [-0.39, 0.29) is 18.6 Å². The SMILES string of the molecule is COCc1cnc2n1CCN(C(=O)COc1ccc(C)cc1)C2C. The lowest BCUT2D eigenvalue weighted by Crippen LogP contribution is -2.43. The second-order valence-corrected chi connectivity index (χ2v) is 6.06. The van der Waals surface area contributed by atoms with Crippen LogP contribution in [-0.2, 0) is 22.7 Å². The third-order valence-electron chi connectivity index (χ3n) is 4.37. The molecule has 24 heavy (non-hydrogen) atoms. The van der Waals surface area contributed by atoms with Crippen molar-refractivity contribution in [3.8, 4) is 5.75 Å². The van der Waals surface area contributed by atoms with Gasteiger partial charge in [0, 0.05) is 20.2 Å². The topological polar surface area (TPSA) is 56.6 Å². The number of carbonyl (C=O) groups is 1. The highest BCUT2D eigenvalue weighted by Crippen LogP contribution is 2.25. The highest BCUT2D eigenvalue weighted by molar-refractivity contribution is 5.78. The summed E-state index contributed by atoms with van der Waals surface area (Å²) in [6.45, 7) is 5.97. The largest absolute Gasteiger partial charge is 0.484 e. The molecule has 128 valence electrons. The van der Waals surface area contributed by atoms with Crippen LogP contribution in [0.4, 0.5) is 0 Å². The third kappa shape index (κ3) is 3.28. The van der Waals surface area contributed by atoms with Crippen LogP contribution in [0.1, 0.15) is 30.0 Å². The molecule has 2 aromatic rings. The maximum Gasteiger partial charge on any atom is 0.261 e. The quantitative estimate of drug-likeness (QED) is 0.845. The van der Waals surface area contributed by atoms with Crippen LogP contribution in [0, 0.1) is 6.92 Å². The van der Waals surface area contributed by atoms with E-state index in [9.17, 15) is 4.79 Å². The summed E-state index contributed by atoms with van der Waals surface area (Å²) >= 11 is 0. The molecule has 1 aromatic heterocycles. The molecule has 0 aliphatic carbocycles. The smallest absolute Gasteiger partial charge is 0.261 e. The molecule has 0 bridgehead atoms. The number of hydrogen-bond acceptors (Lipinski definition) is 4. The van der Waals surface area contributed by atoms with Crippen molar-refractivity contribution in [1.82, 2.24) is 14.5 Å². The van der Waals surface area contributed by atoms with Gasteiger partial charge in [0.15, 0.2) is 6.61 Å². The number of methoxy groups -OCH3 is 1. The molecule has 0 fully saturated rings. The summed E-state index contributed by atoms with van der Waals surface area (Å²) in [5.41, 5.74) is 2.21. The number of amides is 1. The molecule has 1 aliphatic rings. The third-order valence-corrected chi connectivity index (χ3v) is 4.37. The second kappa shape index (κ2) is 7.05. The Balaban J connectivity index is 1.64. The first-order valence-electron chi connectivity index (χ1n) is 8.12. The summed E-state index contributed by atoms with van der Waals surface area (Å²) in [4.78, 5) is 18.8. The van der Waals surface area contributed by atoms with Crippen molar-refractivity contribution in [2.24, 2.45) is 0 Å². The van der Waals surface area contributed by atoms with Crippen molar-refractivity contribution in [3.05, 3.63) is 47.5 Å². The fraction of sp³-hybridized carbons (Fsp3) is 0.444. The van der Waals surface area contributed by atoms with E-state index in [0.717, 1.165) is 23.6 Å². The number of aromatic nitrogens is 2. The van der Waals surface area contributed by atoms with Crippen LogP contribution in [0.15, 0.2) is 30.5 Å². The van der Waals surface area contributed by atoms with Crippen LogP contribution in [0.2, 0.25) is 0 Å². The average Bonchev–Trinajstić information content (AvgIpc) is 2.99. The Hall–Kier alpha value is -2.34. The molecule has 6 heteroatoms. The molecule has 1 atom stereocenters. The standard InChI is InChI=1S/C18H23N3O3/c1-13-4-6-16(7-5-13)24-12-17(22)20-8-9-21-15(11-23-3)10-19-18(21)14(20)2/h4-7,10,14H,8-9,11-12H2,1-3H3. The number of rotatable bonds is 5. The molecule has 0 spiro atoms. The first-order valence-corrected chi connectivity index (χ1v) is 8.12. The van der Waals surface area contributed by atoms with E-state index in [1.807, 2.05) is 49.2 Å². The van der Waals surface area contributed by atoms with E-state index >= 15 is 0 Å². The lowest BCUT2D eigenvalue weighted by Gasteiger charge is -2.34. The molecular formula is C18H23N3O3. The van der Waals surface area contributed by atoms with E-state index in [1.165, 1.54) is 0 Å². The van der Waals surface area contributed by atoms with Crippen LogP contribution >= 0.6 is 0 Å². The molecule has 1 aliphatic heterocycles. The summed E-state index contributed by atoms with van der Waals surface area (Å²) in [7, 11) is 1.67. The van der Waals surface area contributed by atoms with Gasteiger partial charge in [-0.3, -0.25) is 4.79 Å². The van der Waals surface area contributed by atoms with Gasteiger partial charge in [-0.1, -0.05) is 17.7 Å². The van der Waals surface area contributed by atoms with E-state index in [0.29, 0.717) is 18.9 Å². The Bertz CT molecular complexity index is 709. The molecule has 2 heterocycles. The van der Waals surface area contributed by atoms with Crippen molar-refractivity contribution in [2.45, 2.75) is 33.0 Å². The first kappa shape index (κ1) is 16.5. The van der Waals surface area contributed by atoms with Gasteiger partial charge in [0.05, 0.1) is 24.5 Å². The van der Waals surface area contributed by atoms with Crippen LogP contribution in [0.25, 0.3) is 0 Å². The number of aryl methyl sites for hydroxylation is 1. The van der Waals surface area contributed by atoms with Crippen LogP contribution in [-0.4, -0.2) is 40.6 Å². The zero-order valence-electron chi connectivity index (χ0n) is 14.4. The van der Waals surface area contributed by atoms with Crippen LogP contribution in [0.5, 0.6) is 5.75 Å². The fourth-order valence-corrected chi connectivity index (χ4v) is 3.03. The number of nitrogens with zero attached hydrogens (tertiary/aromatic N) is 3. The fourth-order valence-electron chi connectivity index (χ4n) is 3.03. The molecule has 1 aromatic carbocycles. The number of benzene rings is 1. The van der Waals surface area contributed by atoms with Crippen LogP contribution < -0.4 is 4.74 Å². The predicted molar refractivity (Wildman–Crippen MR) is 89.7 cm³/mol. The number of hydrogen-bond donors (Lipinski definition) is 0. The van der Waals surface area contributed by atoms with Gasteiger partial charge in [-0.2, -0.15) is 0 Å². The van der Waals surface area contributed by atoms with E-state index in [2.05, 4.69) is 9.55 Å². The molecule has 0 saturated carbocycles. The van der Waals surface area contributed by atoms with Crippen molar-refractivity contribution in [3.63, 3.8) is 0 Å². The van der Waals surface area contributed by atoms with Gasteiger partial charge in [-0.05, 0) is 26.0 Å². The summed E-state index contributed by atoms with van der Waals surface area (Å²) in [5.74, 6) is 1.59. The normalized spacial score (nSPS) is 16.8. The number of imidazole rings is 1. The summed E-state index contributed by atoms with van der Waals surface area (Å²) in [5, 5.41) is 0. The monoisotopic (exact) mass is 329 g/mol. The zero-order chi connectivity index (χ0) is 17.1. The maximum absolute atomic E-state index is 12.5. The highest BCUT2D eigenvalue weighted by Gasteiger charge is 2.30. The summed E-state index contributed by atoms with van der Waals surface area (Å²) in [6.07, 6.45) is 1.83. The van der Waals surface area contributed by atoms with Crippen molar-refractivity contribution in [2.75, 3.05) is 20.3 Å². The van der Waals surface area contributed by atoms with Gasteiger partial charge >= 0.3 is 0 Å². The summed E-state index contributed by atoms with van der Waals surface area (Å²) < 4.78 is 13.0. The molecule has 0 N–H and O–H groups in total. The van der Waals surface area contributed by atoms with Gasteiger partial charge in [-0.15, -0.1) is 0 Å². The second-order valence-electron chi connectivity index (χ2n) is 6.06. The van der Waals surface area contributed by atoms with Gasteiger partial charge in [-0.25, -0.2) is 4.98 Å². The Morgan fingerprint density at radius 3 is 2.75 bits per heavy atom. The minimum Gasteiger partial charge on any atom is -0.484 e. The van der Waals surface area contributed by atoms with Gasteiger partial charge in [0.2, 0.25) is 0 Å². The molecular weight excluding hydrogens is 306 g/mol. The average molecular weight is 329 g/mol. The van der Waals surface area contributed by atoms with Crippen molar-refractivity contribution >= 4 is 5.91 Å². The molecule has 1 amide bonds. The molecule has 6 nitrogen and oxygen atoms in total. The highest BCUT2D eigenvalue weighted by atomic mass is 16.5. The number of fused-ring (bicyclic) bond motifs is 1. The van der Waals surface area contributed by atoms with Gasteiger partial charge in [0.25, 0.3) is 5.91 Å². The minimum atomic E-state index is -0.0709. The van der Waals surface area contributed by atoms with E-state index < -0.39 is 0 Å². The predicted octanol–water partition coefficient (Wildman–Crippen LogP) is 2.32. The van der Waals surface area contributed by atoms with Gasteiger partial charge in [0.1, 0.15) is 11.6 Å². The van der Waals surface area contributed by atoms with Crippen molar-refractivity contribution < 1.29 is 14.3 Å². The van der Waals surface area contributed by atoms with Crippen molar-refractivity contribution in [1.29, 1.82) is 0 Å².